The summed E-state index contributed by atoms with van der Waals surface area (Å²) in [6, 6.07) is 0. The molecular weight excluding hydrogens is 391 g/mol. The van der Waals surface area contributed by atoms with Crippen LogP contribution in [-0.2, 0) is 4.79 Å². The van der Waals surface area contributed by atoms with Crippen LogP contribution in [0.2, 0.25) is 33.0 Å². The van der Waals surface area contributed by atoms with Crippen LogP contribution >= 0.6 is 0 Å². The van der Waals surface area contributed by atoms with E-state index in [1.807, 2.05) is 0 Å². The predicted octanol–water partition coefficient (Wildman–Crippen LogP) is 6.77. The fourth-order valence-electron chi connectivity index (χ4n) is 3.33. The molecule has 0 aliphatic heterocycles. The number of allylic oxidation sites excluding steroid dienone is 1. The number of hydrogen-bond acceptors (Lipinski definition) is 1. The van der Waals surface area contributed by atoms with E-state index in [1.54, 1.807) is 6.92 Å². The molecule has 0 aromatic carbocycles. The number of hydrogen-bond donors (Lipinski definition) is 0. The molecule has 0 aliphatic rings. The Morgan fingerprint density at radius 3 is 1.45 bits per heavy atom. The first-order valence-corrected chi connectivity index (χ1v) is 20.7. The number of rotatable bonds is 12. The summed E-state index contributed by atoms with van der Waals surface area (Å²) in [7, 11) is -1.51. The molecule has 0 atom stereocenters. The van der Waals surface area contributed by atoms with Gasteiger partial charge < -0.3 is 0 Å². The third-order valence-corrected chi connectivity index (χ3v) is 21.8. The third kappa shape index (κ3) is 8.33. The van der Waals surface area contributed by atoms with Crippen LogP contribution in [0.1, 0.15) is 66.2 Å². The molecule has 3 heteroatoms. The van der Waals surface area contributed by atoms with Gasteiger partial charge in [-0.2, -0.15) is 0 Å². The molecule has 0 saturated heterocycles. The summed E-state index contributed by atoms with van der Waals surface area (Å²) in [5, 5.41) is 1.27. The van der Waals surface area contributed by atoms with Gasteiger partial charge in [0.05, 0.1) is 0 Å². The number of ketones is 1. The summed E-state index contributed by atoms with van der Waals surface area (Å²) in [6.45, 7) is 15.8. The molecule has 0 aromatic heterocycles. The van der Waals surface area contributed by atoms with Crippen LogP contribution in [0.15, 0.2) is 9.29 Å². The van der Waals surface area contributed by atoms with Gasteiger partial charge in [0.1, 0.15) is 0 Å². The second kappa shape index (κ2) is 11.1. The molecule has 0 unspecified atom stereocenters. The van der Waals surface area contributed by atoms with E-state index in [-0.39, 0.29) is 0 Å². The van der Waals surface area contributed by atoms with Gasteiger partial charge in [-0.15, -0.1) is 0 Å². The molecule has 0 fully saturated rings. The second-order valence-corrected chi connectivity index (χ2v) is 26.0. The molecular formula is C19H40OSiSn. The summed E-state index contributed by atoms with van der Waals surface area (Å²) in [4.78, 5) is 12.3. The van der Waals surface area contributed by atoms with Crippen molar-refractivity contribution in [3.63, 3.8) is 0 Å². The second-order valence-electron chi connectivity index (χ2n) is 8.04. The molecule has 22 heavy (non-hydrogen) atoms. The van der Waals surface area contributed by atoms with Crippen LogP contribution in [0.3, 0.4) is 0 Å². The Morgan fingerprint density at radius 1 is 0.864 bits per heavy atom. The van der Waals surface area contributed by atoms with Crippen molar-refractivity contribution in [2.75, 3.05) is 0 Å². The van der Waals surface area contributed by atoms with Gasteiger partial charge >= 0.3 is 145 Å². The first kappa shape index (κ1) is 22.4. The molecule has 0 spiro atoms. The predicted molar refractivity (Wildman–Crippen MR) is 107 cm³/mol. The van der Waals surface area contributed by atoms with Crippen molar-refractivity contribution in [1.29, 1.82) is 0 Å². The standard InChI is InChI=1S/C7H13OSi.3C4H9.Sn/c1-6(8)7(2)9(3,4)5;3*1-3-4-2;/h2H,1,3-5H3;3*1,3-4H2,2H3;. The summed E-state index contributed by atoms with van der Waals surface area (Å²) in [6.07, 6.45) is 8.01. The maximum atomic E-state index is 12.3. The third-order valence-electron chi connectivity index (χ3n) is 4.72. The van der Waals surface area contributed by atoms with E-state index in [2.05, 4.69) is 44.5 Å². The van der Waals surface area contributed by atoms with Crippen molar-refractivity contribution < 1.29 is 4.79 Å². The van der Waals surface area contributed by atoms with E-state index in [0.717, 1.165) is 0 Å². The van der Waals surface area contributed by atoms with Crippen LogP contribution in [-0.4, -0.2) is 32.2 Å². The van der Waals surface area contributed by atoms with Crippen molar-refractivity contribution in [1.82, 2.24) is 0 Å². The average molecular weight is 431 g/mol. The molecule has 0 heterocycles. The zero-order valence-electron chi connectivity index (χ0n) is 16.3. The molecule has 0 amide bonds. The Hall–Kier alpha value is 0.426. The van der Waals surface area contributed by atoms with Crippen molar-refractivity contribution in [3.8, 4) is 0 Å². The Kier molecular flexibility index (Phi) is 11.3. The molecule has 0 aromatic rings. The Bertz CT molecular complexity index is 333. The van der Waals surface area contributed by atoms with Crippen molar-refractivity contribution in [2.24, 2.45) is 0 Å². The summed E-state index contributed by atoms with van der Waals surface area (Å²) in [5.74, 6) is 0.365. The first-order chi connectivity index (χ1) is 10.2. The van der Waals surface area contributed by atoms with Gasteiger partial charge in [0, 0.05) is 0 Å². The number of carbonyl (C=O) groups excluding carboxylic acids is 1. The summed E-state index contributed by atoms with van der Waals surface area (Å²) in [5.41, 5.74) is 0. The fraction of sp³-hybridized carbons (Fsp3) is 0.842. The van der Waals surface area contributed by atoms with Crippen LogP contribution < -0.4 is 0 Å². The van der Waals surface area contributed by atoms with Crippen LogP contribution in [0.25, 0.3) is 0 Å². The van der Waals surface area contributed by atoms with Gasteiger partial charge in [0.2, 0.25) is 0 Å². The zero-order valence-corrected chi connectivity index (χ0v) is 20.2. The van der Waals surface area contributed by atoms with Crippen LogP contribution in [0.5, 0.6) is 0 Å². The molecule has 0 N–H and O–H groups in total. The zero-order chi connectivity index (χ0) is 17.2. The van der Waals surface area contributed by atoms with E-state index in [9.17, 15) is 4.79 Å². The van der Waals surface area contributed by atoms with Crippen LogP contribution in [0, 0.1) is 0 Å². The average Bonchev–Trinajstić information content (AvgIpc) is 2.44. The summed E-state index contributed by atoms with van der Waals surface area (Å²) >= 11 is -2.32. The van der Waals surface area contributed by atoms with Crippen molar-refractivity contribution in [2.45, 2.75) is 99.2 Å². The summed E-state index contributed by atoms with van der Waals surface area (Å²) < 4.78 is 7.07. The van der Waals surface area contributed by atoms with Gasteiger partial charge in [0.15, 0.2) is 0 Å². The van der Waals surface area contributed by atoms with Gasteiger partial charge in [0.25, 0.3) is 0 Å². The number of carbonyl (C=O) groups is 1. The van der Waals surface area contributed by atoms with E-state index in [1.165, 1.54) is 57.0 Å². The monoisotopic (exact) mass is 432 g/mol. The maximum absolute atomic E-state index is 12.3. The van der Waals surface area contributed by atoms with Crippen molar-refractivity contribution in [3.05, 3.63) is 9.29 Å². The molecule has 0 radical (unpaired) electrons. The SMILES string of the molecule is CCC[CH2][Sn](/[CH]=C(\C(C)=O)[Si](C)(C)C)([CH2]CCC)[CH2]CCC. The minimum atomic E-state index is -2.32. The van der Waals surface area contributed by atoms with E-state index >= 15 is 0 Å². The van der Waals surface area contributed by atoms with Gasteiger partial charge in [-0.1, -0.05) is 0 Å². The van der Waals surface area contributed by atoms with Gasteiger partial charge in [-0.25, -0.2) is 0 Å². The Balaban J connectivity index is 5.67. The molecule has 0 bridgehead atoms. The quantitative estimate of drug-likeness (QED) is 0.246. The van der Waals surface area contributed by atoms with E-state index < -0.39 is 26.5 Å². The number of Topliss-reactive ketones (excluding diaryl/α,β-unsaturated/α-hetero) is 1. The Morgan fingerprint density at radius 2 is 1.23 bits per heavy atom. The number of unbranched alkanes of at least 4 members (excludes halogenated alkanes) is 3. The van der Waals surface area contributed by atoms with E-state index in [4.69, 9.17) is 0 Å². The van der Waals surface area contributed by atoms with Crippen LogP contribution in [0.4, 0.5) is 0 Å². The van der Waals surface area contributed by atoms with E-state index in [0.29, 0.717) is 5.78 Å². The van der Waals surface area contributed by atoms with Gasteiger partial charge in [-0.3, -0.25) is 0 Å². The minimum absolute atomic E-state index is 0.365. The molecule has 0 saturated carbocycles. The normalized spacial score (nSPS) is 13.5. The van der Waals surface area contributed by atoms with Gasteiger partial charge in [-0.05, 0) is 0 Å². The topological polar surface area (TPSA) is 17.1 Å². The molecule has 1 nitrogen and oxygen atoms in total. The molecule has 0 aliphatic carbocycles. The first-order valence-electron chi connectivity index (χ1n) is 9.46. The Labute approximate surface area is 145 Å². The molecule has 130 valence electrons. The fourth-order valence-corrected chi connectivity index (χ4v) is 25.3. The molecule has 0 rings (SSSR count). The van der Waals surface area contributed by atoms with Crippen molar-refractivity contribution >= 4 is 32.2 Å².